The van der Waals surface area contributed by atoms with Gasteiger partial charge in [-0.25, -0.2) is 0 Å². The van der Waals surface area contributed by atoms with Gasteiger partial charge in [0.05, 0.1) is 18.6 Å². The SMILES string of the molecule is O=C(O)C1CC(=O)N(C(CO)c2ccccc2)C1. The average Bonchev–Trinajstić information content (AvgIpc) is 2.74. The summed E-state index contributed by atoms with van der Waals surface area (Å²) in [4.78, 5) is 24.2. The molecule has 2 unspecified atom stereocenters. The van der Waals surface area contributed by atoms with Gasteiger partial charge in [0.1, 0.15) is 0 Å². The standard InChI is InChI=1S/C13H15NO4/c15-8-11(9-4-2-1-3-5-9)14-7-10(13(17)18)6-12(14)16/h1-5,10-11,15H,6-8H2,(H,17,18). The van der Waals surface area contributed by atoms with Crippen molar-refractivity contribution < 1.29 is 19.8 Å². The third kappa shape index (κ3) is 2.36. The van der Waals surface area contributed by atoms with Crippen LogP contribution in [0.4, 0.5) is 0 Å². The van der Waals surface area contributed by atoms with E-state index in [0.717, 1.165) is 5.56 Å². The molecule has 0 radical (unpaired) electrons. The number of rotatable bonds is 4. The van der Waals surface area contributed by atoms with Crippen molar-refractivity contribution in [3.05, 3.63) is 35.9 Å². The van der Waals surface area contributed by atoms with Gasteiger partial charge in [0, 0.05) is 13.0 Å². The monoisotopic (exact) mass is 249 g/mol. The van der Waals surface area contributed by atoms with E-state index < -0.39 is 17.9 Å². The molecular weight excluding hydrogens is 234 g/mol. The molecule has 1 fully saturated rings. The van der Waals surface area contributed by atoms with Gasteiger partial charge in [-0.3, -0.25) is 9.59 Å². The Morgan fingerprint density at radius 3 is 2.56 bits per heavy atom. The van der Waals surface area contributed by atoms with Gasteiger partial charge in [0.15, 0.2) is 0 Å². The van der Waals surface area contributed by atoms with Gasteiger partial charge in [0.2, 0.25) is 5.91 Å². The zero-order valence-electron chi connectivity index (χ0n) is 9.82. The molecule has 5 nitrogen and oxygen atoms in total. The molecule has 1 saturated heterocycles. The molecule has 1 heterocycles. The number of hydrogen-bond donors (Lipinski definition) is 2. The van der Waals surface area contributed by atoms with Crippen LogP contribution in [0.3, 0.4) is 0 Å². The second-order valence-corrected chi connectivity index (χ2v) is 4.39. The van der Waals surface area contributed by atoms with Gasteiger partial charge < -0.3 is 15.1 Å². The number of hydrogen-bond acceptors (Lipinski definition) is 3. The molecule has 1 aromatic rings. The highest BCUT2D eigenvalue weighted by atomic mass is 16.4. The summed E-state index contributed by atoms with van der Waals surface area (Å²) in [6.45, 7) is -0.0453. The van der Waals surface area contributed by atoms with Gasteiger partial charge in [-0.1, -0.05) is 30.3 Å². The molecule has 1 amide bonds. The normalized spacial score (nSPS) is 21.1. The summed E-state index contributed by atoms with van der Waals surface area (Å²) in [5.41, 5.74) is 0.819. The Morgan fingerprint density at radius 1 is 1.39 bits per heavy atom. The molecule has 0 aromatic heterocycles. The lowest BCUT2D eigenvalue weighted by Crippen LogP contribution is -2.33. The highest BCUT2D eigenvalue weighted by molar-refractivity contribution is 5.86. The zero-order valence-corrected chi connectivity index (χ0v) is 9.82. The maximum absolute atomic E-state index is 11.8. The summed E-state index contributed by atoms with van der Waals surface area (Å²) in [6, 6.07) is 8.69. The quantitative estimate of drug-likeness (QED) is 0.821. The van der Waals surface area contributed by atoms with Crippen molar-refractivity contribution in [2.45, 2.75) is 12.5 Å². The fourth-order valence-electron chi connectivity index (χ4n) is 2.26. The predicted molar refractivity (Wildman–Crippen MR) is 63.7 cm³/mol. The number of likely N-dealkylation sites (tertiary alicyclic amines) is 1. The van der Waals surface area contributed by atoms with Gasteiger partial charge in [-0.05, 0) is 5.56 Å². The van der Waals surface area contributed by atoms with Gasteiger partial charge in [0.25, 0.3) is 0 Å². The molecular formula is C13H15NO4. The van der Waals surface area contributed by atoms with Crippen molar-refractivity contribution in [2.24, 2.45) is 5.92 Å². The molecule has 18 heavy (non-hydrogen) atoms. The Labute approximate surface area is 105 Å². The lowest BCUT2D eigenvalue weighted by Gasteiger charge is -2.26. The lowest BCUT2D eigenvalue weighted by molar-refractivity contribution is -0.141. The number of benzene rings is 1. The van der Waals surface area contributed by atoms with E-state index in [1.807, 2.05) is 30.3 Å². The number of carbonyl (C=O) groups excluding carboxylic acids is 1. The summed E-state index contributed by atoms with van der Waals surface area (Å²) >= 11 is 0. The number of amides is 1. The zero-order chi connectivity index (χ0) is 13.1. The number of carboxylic acid groups (broad SMARTS) is 1. The van der Waals surface area contributed by atoms with E-state index in [1.165, 1.54) is 4.90 Å². The molecule has 2 N–H and O–H groups in total. The minimum Gasteiger partial charge on any atom is -0.481 e. The summed E-state index contributed by atoms with van der Waals surface area (Å²) in [7, 11) is 0. The van der Waals surface area contributed by atoms with Crippen LogP contribution in [-0.4, -0.2) is 40.1 Å². The Morgan fingerprint density at radius 2 is 2.06 bits per heavy atom. The van der Waals surface area contributed by atoms with Gasteiger partial charge in [-0.15, -0.1) is 0 Å². The predicted octanol–water partition coefficient (Wildman–Crippen LogP) is 0.653. The summed E-state index contributed by atoms with van der Waals surface area (Å²) < 4.78 is 0. The Bertz CT molecular complexity index is 446. The molecule has 1 aromatic carbocycles. The molecule has 96 valence electrons. The first kappa shape index (κ1) is 12.6. The van der Waals surface area contributed by atoms with Crippen LogP contribution in [0.15, 0.2) is 30.3 Å². The van der Waals surface area contributed by atoms with E-state index in [2.05, 4.69) is 0 Å². The first-order valence-electron chi connectivity index (χ1n) is 5.81. The van der Waals surface area contributed by atoms with Crippen LogP contribution < -0.4 is 0 Å². The Balaban J connectivity index is 2.19. The molecule has 1 aliphatic heterocycles. The lowest BCUT2D eigenvalue weighted by atomic mass is 10.1. The number of carboxylic acids is 1. The van der Waals surface area contributed by atoms with Crippen molar-refractivity contribution in [3.8, 4) is 0 Å². The highest BCUT2D eigenvalue weighted by Gasteiger charge is 2.38. The number of nitrogens with zero attached hydrogens (tertiary/aromatic N) is 1. The van der Waals surface area contributed by atoms with Crippen LogP contribution >= 0.6 is 0 Å². The summed E-state index contributed by atoms with van der Waals surface area (Å²) in [5, 5.41) is 18.4. The minimum atomic E-state index is -0.962. The maximum atomic E-state index is 11.8. The Hall–Kier alpha value is -1.88. The largest absolute Gasteiger partial charge is 0.481 e. The van der Waals surface area contributed by atoms with Crippen molar-refractivity contribution in [3.63, 3.8) is 0 Å². The minimum absolute atomic E-state index is 0.0126. The fourth-order valence-corrected chi connectivity index (χ4v) is 2.26. The molecule has 2 atom stereocenters. The van der Waals surface area contributed by atoms with E-state index >= 15 is 0 Å². The molecule has 5 heteroatoms. The third-order valence-corrected chi connectivity index (χ3v) is 3.24. The van der Waals surface area contributed by atoms with Crippen LogP contribution in [0.5, 0.6) is 0 Å². The highest BCUT2D eigenvalue weighted by Crippen LogP contribution is 2.28. The number of aliphatic hydroxyl groups excluding tert-OH is 1. The smallest absolute Gasteiger partial charge is 0.308 e. The molecule has 0 saturated carbocycles. The van der Waals surface area contributed by atoms with Crippen LogP contribution in [0, 0.1) is 5.92 Å². The van der Waals surface area contributed by atoms with Gasteiger partial charge >= 0.3 is 5.97 Å². The Kier molecular flexibility index (Phi) is 3.62. The van der Waals surface area contributed by atoms with Crippen LogP contribution in [0.2, 0.25) is 0 Å². The molecule has 0 aliphatic carbocycles. The van der Waals surface area contributed by atoms with Crippen molar-refractivity contribution in [1.82, 2.24) is 4.90 Å². The van der Waals surface area contributed by atoms with E-state index in [4.69, 9.17) is 5.11 Å². The van der Waals surface area contributed by atoms with Crippen molar-refractivity contribution in [1.29, 1.82) is 0 Å². The van der Waals surface area contributed by atoms with Crippen LogP contribution in [-0.2, 0) is 9.59 Å². The number of aliphatic carboxylic acids is 1. The van der Waals surface area contributed by atoms with E-state index in [0.29, 0.717) is 0 Å². The number of carbonyl (C=O) groups is 2. The third-order valence-electron chi connectivity index (χ3n) is 3.24. The molecule has 1 aliphatic rings. The maximum Gasteiger partial charge on any atom is 0.308 e. The van der Waals surface area contributed by atoms with Crippen LogP contribution in [0.25, 0.3) is 0 Å². The van der Waals surface area contributed by atoms with Crippen molar-refractivity contribution in [2.75, 3.05) is 13.2 Å². The first-order valence-corrected chi connectivity index (χ1v) is 5.81. The average molecular weight is 249 g/mol. The molecule has 0 bridgehead atoms. The number of aliphatic hydroxyl groups is 1. The molecule has 2 rings (SSSR count). The van der Waals surface area contributed by atoms with Gasteiger partial charge in [-0.2, -0.15) is 0 Å². The second-order valence-electron chi connectivity index (χ2n) is 4.39. The van der Waals surface area contributed by atoms with E-state index in [1.54, 1.807) is 0 Å². The fraction of sp³-hybridized carbons (Fsp3) is 0.385. The summed E-state index contributed by atoms with van der Waals surface area (Å²) in [6.07, 6.45) is 0.0126. The van der Waals surface area contributed by atoms with E-state index in [9.17, 15) is 14.7 Å². The molecule has 0 spiro atoms. The topological polar surface area (TPSA) is 77.8 Å². The van der Waals surface area contributed by atoms with E-state index in [-0.39, 0.29) is 25.5 Å². The first-order chi connectivity index (χ1) is 8.63. The summed E-state index contributed by atoms with van der Waals surface area (Å²) in [5.74, 6) is -1.85. The van der Waals surface area contributed by atoms with Crippen LogP contribution in [0.1, 0.15) is 18.0 Å². The van der Waals surface area contributed by atoms with Crippen molar-refractivity contribution >= 4 is 11.9 Å². The second kappa shape index (κ2) is 5.18.